The van der Waals surface area contributed by atoms with E-state index in [1.807, 2.05) is 0 Å². The summed E-state index contributed by atoms with van der Waals surface area (Å²) in [6.45, 7) is 0.887. The fraction of sp³-hybridized carbons (Fsp3) is 0.381. The van der Waals surface area contributed by atoms with E-state index in [1.165, 1.54) is 24.7 Å². The van der Waals surface area contributed by atoms with Gasteiger partial charge in [0.25, 0.3) is 5.91 Å². The highest BCUT2D eigenvalue weighted by Gasteiger charge is 2.33. The molecule has 0 N–H and O–H groups in total. The number of alkyl halides is 3. The normalized spacial score (nSPS) is 17.1. The zero-order valence-electron chi connectivity index (χ0n) is 17.0. The first kappa shape index (κ1) is 21.0. The third-order valence-electron chi connectivity index (χ3n) is 5.46. The summed E-state index contributed by atoms with van der Waals surface area (Å²) < 4.78 is 51.3. The van der Waals surface area contributed by atoms with Gasteiger partial charge in [0.15, 0.2) is 17.1 Å². The first-order valence-corrected chi connectivity index (χ1v) is 9.75. The Hall–Kier alpha value is -3.30. The summed E-state index contributed by atoms with van der Waals surface area (Å²) in [5.74, 6) is 0.980. The molecule has 164 valence electrons. The first-order valence-electron chi connectivity index (χ1n) is 9.75. The molecule has 1 atom stereocenters. The van der Waals surface area contributed by atoms with Crippen LogP contribution < -0.4 is 9.47 Å². The van der Waals surface area contributed by atoms with Gasteiger partial charge in [-0.3, -0.25) is 9.20 Å². The van der Waals surface area contributed by atoms with E-state index in [-0.39, 0.29) is 11.8 Å². The molecule has 3 heterocycles. The van der Waals surface area contributed by atoms with Gasteiger partial charge in [0.05, 0.1) is 19.8 Å². The molecular formula is C21H21F3N4O3. The van der Waals surface area contributed by atoms with Gasteiger partial charge in [0.2, 0.25) is 0 Å². The quantitative estimate of drug-likeness (QED) is 0.625. The molecule has 1 fully saturated rings. The summed E-state index contributed by atoms with van der Waals surface area (Å²) in [6, 6.07) is 7.23. The maximum absolute atomic E-state index is 13.1. The Morgan fingerprint density at radius 2 is 1.87 bits per heavy atom. The lowest BCUT2D eigenvalue weighted by molar-refractivity contribution is -0.137. The van der Waals surface area contributed by atoms with Crippen LogP contribution in [0.1, 0.15) is 40.5 Å². The minimum atomic E-state index is -4.46. The van der Waals surface area contributed by atoms with Gasteiger partial charge in [-0.25, -0.2) is 0 Å². The number of fused-ring (bicyclic) bond motifs is 1. The van der Waals surface area contributed by atoms with Crippen LogP contribution in [0.3, 0.4) is 0 Å². The van der Waals surface area contributed by atoms with E-state index < -0.39 is 11.7 Å². The first-order chi connectivity index (χ1) is 14.8. The summed E-state index contributed by atoms with van der Waals surface area (Å²) in [5, 5.41) is 8.13. The van der Waals surface area contributed by atoms with Crippen molar-refractivity contribution in [2.24, 2.45) is 0 Å². The number of halogens is 3. The van der Waals surface area contributed by atoms with Crippen molar-refractivity contribution in [2.45, 2.75) is 24.9 Å². The molecule has 1 amide bonds. The lowest BCUT2D eigenvalue weighted by atomic mass is 9.96. The highest BCUT2D eigenvalue weighted by Crippen LogP contribution is 2.32. The summed E-state index contributed by atoms with van der Waals surface area (Å²) in [5.41, 5.74) is 0.0187. The number of aromatic nitrogens is 3. The number of hydrogen-bond donors (Lipinski definition) is 0. The smallest absolute Gasteiger partial charge is 0.417 e. The minimum absolute atomic E-state index is 0.185. The Kier molecular flexibility index (Phi) is 5.47. The van der Waals surface area contributed by atoms with Gasteiger partial charge in [-0.1, -0.05) is 0 Å². The third-order valence-corrected chi connectivity index (χ3v) is 5.46. The van der Waals surface area contributed by atoms with E-state index in [4.69, 9.17) is 9.47 Å². The fourth-order valence-electron chi connectivity index (χ4n) is 3.88. The number of pyridine rings is 1. The maximum atomic E-state index is 13.1. The lowest BCUT2D eigenvalue weighted by Gasteiger charge is -2.32. The van der Waals surface area contributed by atoms with E-state index in [2.05, 4.69) is 10.2 Å². The fourth-order valence-corrected chi connectivity index (χ4v) is 3.88. The van der Waals surface area contributed by atoms with Gasteiger partial charge < -0.3 is 14.4 Å². The van der Waals surface area contributed by atoms with Crippen LogP contribution in [0.2, 0.25) is 0 Å². The average Bonchev–Trinajstić information content (AvgIpc) is 3.21. The van der Waals surface area contributed by atoms with Gasteiger partial charge in [-0.2, -0.15) is 13.2 Å². The second-order valence-corrected chi connectivity index (χ2v) is 7.36. The highest BCUT2D eigenvalue weighted by atomic mass is 19.4. The Morgan fingerprint density at radius 1 is 1.10 bits per heavy atom. The zero-order chi connectivity index (χ0) is 22.2. The predicted octanol–water partition coefficient (Wildman–Crippen LogP) is 3.79. The van der Waals surface area contributed by atoms with Crippen LogP contribution in [0.4, 0.5) is 13.2 Å². The standard InChI is InChI=1S/C21H21F3N4O3/c1-30-16-7-5-13(10-17(16)31-2)20(29)27-9-3-4-14(11-27)19-26-25-18-8-6-15(12-28(18)19)21(22,23)24/h5-8,10,12,14H,3-4,9,11H2,1-2H3. The third kappa shape index (κ3) is 4.01. The largest absolute Gasteiger partial charge is 0.493 e. The van der Waals surface area contributed by atoms with Crippen molar-refractivity contribution in [3.8, 4) is 11.5 Å². The molecule has 31 heavy (non-hydrogen) atoms. The van der Waals surface area contributed by atoms with E-state index in [9.17, 15) is 18.0 Å². The summed E-state index contributed by atoms with van der Waals surface area (Å²) in [6.07, 6.45) is -2.04. The number of piperidine rings is 1. The van der Waals surface area contributed by atoms with Gasteiger partial charge in [0.1, 0.15) is 5.82 Å². The molecule has 0 saturated carbocycles. The molecular weight excluding hydrogens is 413 g/mol. The molecule has 7 nitrogen and oxygen atoms in total. The molecule has 1 unspecified atom stereocenters. The number of carbonyl (C=O) groups is 1. The number of amides is 1. The van der Waals surface area contributed by atoms with Gasteiger partial charge in [-0.15, -0.1) is 10.2 Å². The van der Waals surface area contributed by atoms with Gasteiger partial charge in [0, 0.05) is 30.8 Å². The van der Waals surface area contributed by atoms with Crippen LogP contribution in [-0.4, -0.2) is 52.7 Å². The number of likely N-dealkylation sites (tertiary alicyclic amines) is 1. The summed E-state index contributed by atoms with van der Waals surface area (Å²) in [4.78, 5) is 14.8. The second-order valence-electron chi connectivity index (χ2n) is 7.36. The lowest BCUT2D eigenvalue weighted by Crippen LogP contribution is -2.39. The molecule has 10 heteroatoms. The van der Waals surface area contributed by atoms with Crippen molar-refractivity contribution in [2.75, 3.05) is 27.3 Å². The maximum Gasteiger partial charge on any atom is 0.417 e. The Bertz CT molecular complexity index is 1110. The number of rotatable bonds is 4. The number of ether oxygens (including phenoxy) is 2. The molecule has 0 spiro atoms. The van der Waals surface area contributed by atoms with Crippen LogP contribution in [-0.2, 0) is 6.18 Å². The number of hydrogen-bond acceptors (Lipinski definition) is 5. The van der Waals surface area contributed by atoms with Crippen LogP contribution in [0.25, 0.3) is 5.65 Å². The van der Waals surface area contributed by atoms with E-state index in [1.54, 1.807) is 23.1 Å². The Morgan fingerprint density at radius 3 is 2.58 bits per heavy atom. The van der Waals surface area contributed by atoms with Crippen molar-refractivity contribution in [3.05, 3.63) is 53.5 Å². The molecule has 1 aromatic carbocycles. The summed E-state index contributed by atoms with van der Waals surface area (Å²) >= 11 is 0. The molecule has 3 aromatic rings. The second kappa shape index (κ2) is 8.09. The van der Waals surface area contributed by atoms with Gasteiger partial charge in [-0.05, 0) is 43.2 Å². The molecule has 0 bridgehead atoms. The van der Waals surface area contributed by atoms with Crippen LogP contribution in [0.5, 0.6) is 11.5 Å². The predicted molar refractivity (Wildman–Crippen MR) is 105 cm³/mol. The van der Waals surface area contributed by atoms with Crippen LogP contribution in [0, 0.1) is 0 Å². The molecule has 1 saturated heterocycles. The Labute approximate surface area is 176 Å². The number of methoxy groups -OCH3 is 2. The zero-order valence-corrected chi connectivity index (χ0v) is 17.0. The number of carbonyl (C=O) groups excluding carboxylic acids is 1. The van der Waals surface area contributed by atoms with Crippen molar-refractivity contribution < 1.29 is 27.4 Å². The Balaban J connectivity index is 1.60. The van der Waals surface area contributed by atoms with Crippen molar-refractivity contribution in [3.63, 3.8) is 0 Å². The minimum Gasteiger partial charge on any atom is -0.493 e. The average molecular weight is 434 g/mol. The van der Waals surface area contributed by atoms with Gasteiger partial charge >= 0.3 is 6.18 Å². The van der Waals surface area contributed by atoms with E-state index >= 15 is 0 Å². The molecule has 0 aliphatic carbocycles. The molecule has 0 radical (unpaired) electrons. The number of nitrogens with zero attached hydrogens (tertiary/aromatic N) is 4. The van der Waals surface area contributed by atoms with E-state index in [0.29, 0.717) is 54.5 Å². The molecule has 1 aliphatic rings. The van der Waals surface area contributed by atoms with Crippen molar-refractivity contribution in [1.82, 2.24) is 19.5 Å². The molecule has 1 aliphatic heterocycles. The molecule has 2 aromatic heterocycles. The molecule has 4 rings (SSSR count). The monoisotopic (exact) mass is 434 g/mol. The van der Waals surface area contributed by atoms with E-state index in [0.717, 1.165) is 12.3 Å². The number of benzene rings is 1. The van der Waals surface area contributed by atoms with Crippen LogP contribution in [0.15, 0.2) is 36.5 Å². The van der Waals surface area contributed by atoms with Crippen LogP contribution >= 0.6 is 0 Å². The summed E-state index contributed by atoms with van der Waals surface area (Å²) in [7, 11) is 3.01. The SMILES string of the molecule is COc1ccc(C(=O)N2CCCC(c3nnc4ccc(C(F)(F)F)cn34)C2)cc1OC. The van der Waals surface area contributed by atoms with Crippen molar-refractivity contribution >= 4 is 11.6 Å². The van der Waals surface area contributed by atoms with Crippen molar-refractivity contribution in [1.29, 1.82) is 0 Å². The highest BCUT2D eigenvalue weighted by molar-refractivity contribution is 5.95. The topological polar surface area (TPSA) is 69.0 Å².